The lowest BCUT2D eigenvalue weighted by molar-refractivity contribution is 0.719. The maximum Gasteiger partial charge on any atom is 0.144 e. The Kier molecular flexibility index (Phi) is 3.41. The molecule has 1 aliphatic heterocycles. The zero-order valence-corrected chi connectivity index (χ0v) is 12.6. The molecule has 0 spiro atoms. The van der Waals surface area contributed by atoms with Gasteiger partial charge in [0.05, 0.1) is 0 Å². The Morgan fingerprint density at radius 3 is 2.17 bits per heavy atom. The lowest BCUT2D eigenvalue weighted by Gasteiger charge is -2.07. The number of rotatable bonds is 3. The summed E-state index contributed by atoms with van der Waals surface area (Å²) in [6.45, 7) is 0. The van der Waals surface area contributed by atoms with Crippen molar-refractivity contribution in [2.24, 2.45) is 0 Å². The van der Waals surface area contributed by atoms with E-state index in [2.05, 4.69) is 54.0 Å². The second kappa shape index (κ2) is 5.71. The van der Waals surface area contributed by atoms with Gasteiger partial charge in [0.2, 0.25) is 0 Å². The van der Waals surface area contributed by atoms with Crippen molar-refractivity contribution in [2.45, 2.75) is 6.17 Å². The van der Waals surface area contributed by atoms with E-state index in [1.807, 2.05) is 41.4 Å². The van der Waals surface area contributed by atoms with Gasteiger partial charge in [-0.05, 0) is 22.8 Å². The molecule has 1 heterocycles. The molecule has 1 unspecified atom stereocenters. The van der Waals surface area contributed by atoms with Crippen LogP contribution in [-0.4, -0.2) is 10.8 Å². The molecule has 3 heteroatoms. The van der Waals surface area contributed by atoms with E-state index < -0.39 is 0 Å². The van der Waals surface area contributed by atoms with Gasteiger partial charge in [-0.25, -0.2) is 5.43 Å². The Bertz CT molecular complexity index is 828. The molecule has 1 saturated heterocycles. The van der Waals surface area contributed by atoms with Gasteiger partial charge in [-0.15, -0.1) is 0 Å². The van der Waals surface area contributed by atoms with Crippen molar-refractivity contribution >= 4 is 5.84 Å². The number of amidine groups is 1. The van der Waals surface area contributed by atoms with Crippen molar-refractivity contribution in [3.63, 3.8) is 0 Å². The zero-order chi connectivity index (χ0) is 15.6. The quantitative estimate of drug-likeness (QED) is 0.432. The minimum absolute atomic E-state index is 0.0753. The maximum atomic E-state index is 8.31. The molecule has 0 radical (unpaired) electrons. The van der Waals surface area contributed by atoms with Gasteiger partial charge in [-0.1, -0.05) is 78.9 Å². The van der Waals surface area contributed by atoms with Crippen LogP contribution in [0.25, 0.3) is 11.1 Å². The Morgan fingerprint density at radius 2 is 1.43 bits per heavy atom. The molecule has 2 N–H and O–H groups in total. The third-order valence-electron chi connectivity index (χ3n) is 4.05. The minimum atomic E-state index is 0.0753. The first-order valence-electron chi connectivity index (χ1n) is 7.68. The van der Waals surface area contributed by atoms with E-state index in [0.29, 0.717) is 5.84 Å². The van der Waals surface area contributed by atoms with Crippen LogP contribution in [0, 0.1) is 5.41 Å². The van der Waals surface area contributed by atoms with Gasteiger partial charge in [-0.2, -0.15) is 0 Å². The molecule has 3 aromatic carbocycles. The van der Waals surface area contributed by atoms with Gasteiger partial charge in [0.25, 0.3) is 0 Å². The second-order valence-electron chi connectivity index (χ2n) is 5.61. The minimum Gasteiger partial charge on any atom is -0.283 e. The fourth-order valence-corrected chi connectivity index (χ4v) is 2.77. The average molecular weight is 299 g/mol. The molecule has 0 bridgehead atoms. The summed E-state index contributed by atoms with van der Waals surface area (Å²) in [4.78, 5) is 0. The first kappa shape index (κ1) is 13.7. The van der Waals surface area contributed by atoms with Crippen molar-refractivity contribution in [3.05, 3.63) is 96.1 Å². The molecule has 0 amide bonds. The third-order valence-corrected chi connectivity index (χ3v) is 4.05. The van der Waals surface area contributed by atoms with Crippen molar-refractivity contribution in [2.75, 3.05) is 0 Å². The van der Waals surface area contributed by atoms with Crippen LogP contribution in [0.3, 0.4) is 0 Å². The van der Waals surface area contributed by atoms with Crippen LogP contribution < -0.4 is 5.43 Å². The molecule has 0 aliphatic carbocycles. The highest BCUT2D eigenvalue weighted by molar-refractivity contribution is 5.97. The number of nitrogens with zero attached hydrogens (tertiary/aromatic N) is 1. The molecule has 0 aromatic heterocycles. The lowest BCUT2D eigenvalue weighted by Crippen LogP contribution is -2.13. The summed E-state index contributed by atoms with van der Waals surface area (Å²) in [5, 5.41) is 10.2. The molecule has 3 nitrogen and oxygen atoms in total. The molecule has 3 aromatic rings. The highest BCUT2D eigenvalue weighted by Crippen LogP contribution is 2.32. The summed E-state index contributed by atoms with van der Waals surface area (Å²) in [7, 11) is 0. The average Bonchev–Trinajstić information content (AvgIpc) is 3.43. The van der Waals surface area contributed by atoms with Gasteiger partial charge < -0.3 is 0 Å². The molecule has 112 valence electrons. The number of benzene rings is 3. The van der Waals surface area contributed by atoms with E-state index in [0.717, 1.165) is 5.56 Å². The predicted octanol–water partition coefficient (Wildman–Crippen LogP) is 4.20. The SMILES string of the molecule is N=C(c1ccccc1)N1NC1c1cccc(-c2ccccc2)c1. The Labute approximate surface area is 135 Å². The van der Waals surface area contributed by atoms with Gasteiger partial charge in [0.15, 0.2) is 0 Å². The summed E-state index contributed by atoms with van der Waals surface area (Å²) in [6, 6.07) is 28.6. The predicted molar refractivity (Wildman–Crippen MR) is 92.9 cm³/mol. The standard InChI is InChI=1S/C20H17N3/c21-19(16-10-5-2-6-11-16)23-20(22-23)18-13-7-12-17(14-18)15-8-3-1-4-9-15/h1-14,20-22H. The Morgan fingerprint density at radius 1 is 0.783 bits per heavy atom. The molecule has 4 rings (SSSR count). The highest BCUT2D eigenvalue weighted by Gasteiger charge is 2.37. The molecule has 1 aliphatic rings. The maximum absolute atomic E-state index is 8.31. The molecule has 23 heavy (non-hydrogen) atoms. The van der Waals surface area contributed by atoms with Crippen LogP contribution in [0.2, 0.25) is 0 Å². The smallest absolute Gasteiger partial charge is 0.144 e. The number of hydrazine groups is 1. The van der Waals surface area contributed by atoms with Gasteiger partial charge >= 0.3 is 0 Å². The monoisotopic (exact) mass is 299 g/mol. The van der Waals surface area contributed by atoms with Crippen LogP contribution in [0.15, 0.2) is 84.9 Å². The van der Waals surface area contributed by atoms with E-state index in [-0.39, 0.29) is 6.17 Å². The summed E-state index contributed by atoms with van der Waals surface area (Å²) in [5.41, 5.74) is 7.77. The number of nitrogens with one attached hydrogen (secondary N) is 2. The highest BCUT2D eigenvalue weighted by atomic mass is 15.8. The summed E-state index contributed by atoms with van der Waals surface area (Å²) < 4.78 is 0. The van der Waals surface area contributed by atoms with Crippen LogP contribution in [0.5, 0.6) is 0 Å². The van der Waals surface area contributed by atoms with Crippen molar-refractivity contribution in [1.82, 2.24) is 10.4 Å². The van der Waals surface area contributed by atoms with E-state index in [1.54, 1.807) is 0 Å². The fraction of sp³-hybridized carbons (Fsp3) is 0.0500. The van der Waals surface area contributed by atoms with Crippen LogP contribution >= 0.6 is 0 Å². The number of hydrogen-bond acceptors (Lipinski definition) is 2. The van der Waals surface area contributed by atoms with Crippen molar-refractivity contribution in [3.8, 4) is 11.1 Å². The molecule has 1 atom stereocenters. The zero-order valence-electron chi connectivity index (χ0n) is 12.6. The topological polar surface area (TPSA) is 48.8 Å². The Balaban J connectivity index is 1.56. The van der Waals surface area contributed by atoms with Crippen molar-refractivity contribution < 1.29 is 0 Å². The lowest BCUT2D eigenvalue weighted by atomic mass is 10.0. The van der Waals surface area contributed by atoms with Crippen LogP contribution in [0.4, 0.5) is 0 Å². The normalized spacial score (nSPS) is 16.2. The molecule has 0 saturated carbocycles. The third kappa shape index (κ3) is 2.74. The molecular formula is C20H17N3. The van der Waals surface area contributed by atoms with E-state index in [4.69, 9.17) is 5.41 Å². The van der Waals surface area contributed by atoms with Crippen LogP contribution in [-0.2, 0) is 0 Å². The van der Waals surface area contributed by atoms with Gasteiger partial charge in [0, 0.05) is 5.56 Å². The first-order chi connectivity index (χ1) is 11.3. The molecular weight excluding hydrogens is 282 g/mol. The van der Waals surface area contributed by atoms with Gasteiger partial charge in [-0.3, -0.25) is 10.4 Å². The number of hydrogen-bond donors (Lipinski definition) is 2. The van der Waals surface area contributed by atoms with Crippen LogP contribution in [0.1, 0.15) is 17.3 Å². The van der Waals surface area contributed by atoms with Gasteiger partial charge in [0.1, 0.15) is 12.0 Å². The summed E-state index contributed by atoms with van der Waals surface area (Å²) >= 11 is 0. The van der Waals surface area contributed by atoms with E-state index in [1.165, 1.54) is 16.7 Å². The summed E-state index contributed by atoms with van der Waals surface area (Å²) in [5.74, 6) is 0.501. The fourth-order valence-electron chi connectivity index (χ4n) is 2.77. The van der Waals surface area contributed by atoms with Crippen molar-refractivity contribution in [1.29, 1.82) is 5.41 Å². The molecule has 1 fully saturated rings. The Hall–Kier alpha value is -2.91. The largest absolute Gasteiger partial charge is 0.283 e. The van der Waals surface area contributed by atoms with E-state index >= 15 is 0 Å². The second-order valence-corrected chi connectivity index (χ2v) is 5.61. The summed E-state index contributed by atoms with van der Waals surface area (Å²) in [6.07, 6.45) is 0.0753. The van der Waals surface area contributed by atoms with E-state index in [9.17, 15) is 0 Å². The first-order valence-corrected chi connectivity index (χ1v) is 7.68.